The van der Waals surface area contributed by atoms with E-state index in [0.29, 0.717) is 17.1 Å². The summed E-state index contributed by atoms with van der Waals surface area (Å²) in [7, 11) is 0. The largest absolute Gasteiger partial charge is 0.396 e. The van der Waals surface area contributed by atoms with Gasteiger partial charge in [-0.05, 0) is 18.9 Å². The second-order valence-electron chi connectivity index (χ2n) is 3.84. The molecule has 0 aliphatic heterocycles. The van der Waals surface area contributed by atoms with Crippen molar-refractivity contribution in [3.63, 3.8) is 0 Å². The zero-order valence-electron chi connectivity index (χ0n) is 8.20. The lowest BCUT2D eigenvalue weighted by Crippen LogP contribution is -2.26. The minimum absolute atomic E-state index is 0.0775. The van der Waals surface area contributed by atoms with Crippen molar-refractivity contribution in [3.05, 3.63) is 17.8 Å². The fourth-order valence-electron chi connectivity index (χ4n) is 1.37. The van der Waals surface area contributed by atoms with Gasteiger partial charge in [0, 0.05) is 6.20 Å². The van der Waals surface area contributed by atoms with Crippen LogP contribution in [0.3, 0.4) is 0 Å². The molecule has 15 heavy (non-hydrogen) atoms. The van der Waals surface area contributed by atoms with Gasteiger partial charge in [0.15, 0.2) is 0 Å². The van der Waals surface area contributed by atoms with Crippen molar-refractivity contribution >= 4 is 11.5 Å². The number of aromatic nitrogens is 1. The van der Waals surface area contributed by atoms with Gasteiger partial charge in [0.25, 0.3) is 0 Å². The number of aliphatic hydroxyl groups excluding tert-OH is 1. The van der Waals surface area contributed by atoms with Crippen LogP contribution >= 0.6 is 0 Å². The topological polar surface area (TPSA) is 95.0 Å². The first-order valence-electron chi connectivity index (χ1n) is 4.74. The van der Waals surface area contributed by atoms with Gasteiger partial charge in [-0.3, -0.25) is 0 Å². The van der Waals surface area contributed by atoms with Crippen LogP contribution in [0, 0.1) is 11.3 Å². The van der Waals surface area contributed by atoms with Crippen molar-refractivity contribution in [2.45, 2.75) is 18.4 Å². The lowest BCUT2D eigenvalue weighted by molar-refractivity contribution is 0.266. The van der Waals surface area contributed by atoms with Crippen LogP contribution in [0.1, 0.15) is 18.4 Å². The van der Waals surface area contributed by atoms with Gasteiger partial charge >= 0.3 is 0 Å². The van der Waals surface area contributed by atoms with Crippen LogP contribution in [0.5, 0.6) is 0 Å². The number of nitrogens with zero attached hydrogens (tertiary/aromatic N) is 2. The van der Waals surface area contributed by atoms with E-state index in [1.165, 1.54) is 6.20 Å². The van der Waals surface area contributed by atoms with Crippen LogP contribution in [0.2, 0.25) is 0 Å². The van der Waals surface area contributed by atoms with Gasteiger partial charge < -0.3 is 16.2 Å². The number of aliphatic hydroxyl groups is 1. The van der Waals surface area contributed by atoms with Gasteiger partial charge in [-0.1, -0.05) is 0 Å². The molecule has 0 aromatic carbocycles. The van der Waals surface area contributed by atoms with Crippen molar-refractivity contribution in [2.75, 3.05) is 17.7 Å². The Hall–Kier alpha value is -1.80. The Labute approximate surface area is 87.5 Å². The third kappa shape index (κ3) is 1.85. The van der Waals surface area contributed by atoms with E-state index in [4.69, 9.17) is 16.1 Å². The van der Waals surface area contributed by atoms with Gasteiger partial charge in [0.05, 0.1) is 23.4 Å². The molecule has 1 aromatic rings. The van der Waals surface area contributed by atoms with Gasteiger partial charge in [-0.25, -0.2) is 4.98 Å². The molecule has 0 spiro atoms. The average Bonchev–Trinajstić information content (AvgIpc) is 3.02. The Balaban J connectivity index is 2.19. The fourth-order valence-corrected chi connectivity index (χ4v) is 1.37. The van der Waals surface area contributed by atoms with Crippen LogP contribution in [0.4, 0.5) is 11.5 Å². The first-order chi connectivity index (χ1) is 7.19. The number of nitrogens with one attached hydrogen (secondary N) is 1. The molecule has 0 radical (unpaired) electrons. The predicted octanol–water partition coefficient (Wildman–Crippen LogP) is 0.472. The molecule has 1 heterocycles. The molecule has 0 saturated heterocycles. The number of anilines is 2. The lowest BCUT2D eigenvalue weighted by atomic mass is 10.2. The molecular formula is C10H12N4O. The van der Waals surface area contributed by atoms with Crippen molar-refractivity contribution < 1.29 is 5.11 Å². The molecule has 1 fully saturated rings. The Morgan fingerprint density at radius 1 is 1.67 bits per heavy atom. The van der Waals surface area contributed by atoms with E-state index in [-0.39, 0.29) is 12.1 Å². The summed E-state index contributed by atoms with van der Waals surface area (Å²) in [6, 6.07) is 3.54. The zero-order chi connectivity index (χ0) is 10.9. The third-order valence-electron chi connectivity index (χ3n) is 2.59. The molecule has 78 valence electrons. The van der Waals surface area contributed by atoms with Gasteiger partial charge in [-0.2, -0.15) is 5.26 Å². The normalized spacial score (nSPS) is 16.8. The van der Waals surface area contributed by atoms with Crippen LogP contribution in [-0.2, 0) is 0 Å². The summed E-state index contributed by atoms with van der Waals surface area (Å²) in [5, 5.41) is 20.9. The third-order valence-corrected chi connectivity index (χ3v) is 2.59. The van der Waals surface area contributed by atoms with Crippen molar-refractivity contribution in [1.82, 2.24) is 4.98 Å². The van der Waals surface area contributed by atoms with E-state index in [1.54, 1.807) is 6.07 Å². The van der Waals surface area contributed by atoms with Crippen LogP contribution in [0.25, 0.3) is 0 Å². The SMILES string of the molecule is N#Cc1cnc(NC2(CO)CC2)c(N)c1. The Morgan fingerprint density at radius 3 is 2.87 bits per heavy atom. The molecule has 5 nitrogen and oxygen atoms in total. The molecule has 0 unspecified atom stereocenters. The summed E-state index contributed by atoms with van der Waals surface area (Å²) in [4.78, 5) is 4.05. The highest BCUT2D eigenvalue weighted by Gasteiger charge is 2.42. The van der Waals surface area contributed by atoms with Crippen LogP contribution in [0.15, 0.2) is 12.3 Å². The maximum Gasteiger partial charge on any atom is 0.149 e. The molecule has 0 atom stereocenters. The van der Waals surface area contributed by atoms with E-state index in [1.807, 2.05) is 6.07 Å². The highest BCUT2D eigenvalue weighted by Crippen LogP contribution is 2.38. The fraction of sp³-hybridized carbons (Fsp3) is 0.400. The number of nitrogen functional groups attached to an aromatic ring is 1. The van der Waals surface area contributed by atoms with E-state index in [9.17, 15) is 0 Å². The number of nitrogens with two attached hydrogens (primary N) is 1. The Kier molecular flexibility index (Phi) is 2.21. The molecule has 0 amide bonds. The van der Waals surface area contributed by atoms with Crippen molar-refractivity contribution in [1.29, 1.82) is 5.26 Å². The minimum atomic E-state index is -0.241. The quantitative estimate of drug-likeness (QED) is 0.665. The molecule has 1 aliphatic carbocycles. The van der Waals surface area contributed by atoms with Crippen molar-refractivity contribution in [2.24, 2.45) is 0 Å². The van der Waals surface area contributed by atoms with E-state index < -0.39 is 0 Å². The Morgan fingerprint density at radius 2 is 2.40 bits per heavy atom. The highest BCUT2D eigenvalue weighted by molar-refractivity contribution is 5.64. The van der Waals surface area contributed by atoms with Crippen LogP contribution < -0.4 is 11.1 Å². The van der Waals surface area contributed by atoms with Gasteiger partial charge in [-0.15, -0.1) is 0 Å². The van der Waals surface area contributed by atoms with Crippen LogP contribution in [-0.4, -0.2) is 22.2 Å². The summed E-state index contributed by atoms with van der Waals surface area (Å²) in [5.74, 6) is 0.542. The summed E-state index contributed by atoms with van der Waals surface area (Å²) in [6.07, 6.45) is 3.31. The zero-order valence-corrected chi connectivity index (χ0v) is 8.20. The highest BCUT2D eigenvalue weighted by atomic mass is 16.3. The molecular weight excluding hydrogens is 192 g/mol. The van der Waals surface area contributed by atoms with E-state index in [2.05, 4.69) is 10.3 Å². The minimum Gasteiger partial charge on any atom is -0.396 e. The predicted molar refractivity (Wildman–Crippen MR) is 56.0 cm³/mol. The maximum atomic E-state index is 9.13. The summed E-state index contributed by atoms with van der Waals surface area (Å²) in [5.41, 5.74) is 6.36. The molecule has 1 aromatic heterocycles. The number of pyridine rings is 1. The Bertz CT molecular complexity index is 420. The van der Waals surface area contributed by atoms with E-state index >= 15 is 0 Å². The summed E-state index contributed by atoms with van der Waals surface area (Å²) >= 11 is 0. The summed E-state index contributed by atoms with van der Waals surface area (Å²) in [6.45, 7) is 0.0775. The molecule has 4 N–H and O–H groups in total. The standard InChI is InChI=1S/C10H12N4O/c11-4-7-3-8(12)9(13-5-7)14-10(6-15)1-2-10/h3,5,15H,1-2,6,12H2,(H,13,14). The monoisotopic (exact) mass is 204 g/mol. The van der Waals surface area contributed by atoms with E-state index in [0.717, 1.165) is 12.8 Å². The molecule has 0 bridgehead atoms. The molecule has 2 rings (SSSR count). The second-order valence-corrected chi connectivity index (χ2v) is 3.84. The number of nitriles is 1. The first kappa shape index (κ1) is 9.74. The smallest absolute Gasteiger partial charge is 0.149 e. The van der Waals surface area contributed by atoms with Crippen molar-refractivity contribution in [3.8, 4) is 6.07 Å². The molecule has 1 saturated carbocycles. The number of hydrogen-bond acceptors (Lipinski definition) is 5. The number of rotatable bonds is 3. The maximum absolute atomic E-state index is 9.13. The first-order valence-corrected chi connectivity index (χ1v) is 4.74. The van der Waals surface area contributed by atoms with Gasteiger partial charge in [0.2, 0.25) is 0 Å². The number of hydrogen-bond donors (Lipinski definition) is 3. The van der Waals surface area contributed by atoms with Gasteiger partial charge in [0.1, 0.15) is 11.9 Å². The second kappa shape index (κ2) is 3.41. The molecule has 1 aliphatic rings. The lowest BCUT2D eigenvalue weighted by Gasteiger charge is -2.16. The molecule has 5 heteroatoms. The average molecular weight is 204 g/mol. The summed E-state index contributed by atoms with van der Waals surface area (Å²) < 4.78 is 0.